The third-order valence-corrected chi connectivity index (χ3v) is 4.71. The van der Waals surface area contributed by atoms with Gasteiger partial charge in [0, 0.05) is 42.5 Å². The van der Waals surface area contributed by atoms with Crippen molar-refractivity contribution < 1.29 is 23.1 Å². The molecule has 29 heavy (non-hydrogen) atoms. The first kappa shape index (κ1) is 21.0. The maximum atomic E-state index is 12.6. The van der Waals surface area contributed by atoms with Gasteiger partial charge in [-0.05, 0) is 42.5 Å². The molecular weight excluding hydrogens is 404 g/mol. The molecule has 1 heterocycles. The van der Waals surface area contributed by atoms with Crippen LogP contribution in [-0.4, -0.2) is 60.9 Å². The number of amides is 2. The van der Waals surface area contributed by atoms with Crippen LogP contribution in [-0.2, 0) is 4.79 Å². The number of hydrogen-bond acceptors (Lipinski definition) is 4. The lowest BCUT2D eigenvalue weighted by Gasteiger charge is -2.34. The van der Waals surface area contributed by atoms with E-state index < -0.39 is 6.61 Å². The van der Waals surface area contributed by atoms with Crippen LogP contribution in [0, 0.1) is 0 Å². The van der Waals surface area contributed by atoms with Gasteiger partial charge in [-0.1, -0.05) is 17.7 Å². The highest BCUT2D eigenvalue weighted by Crippen LogP contribution is 2.18. The molecule has 9 heteroatoms. The number of halogens is 3. The van der Waals surface area contributed by atoms with Gasteiger partial charge < -0.3 is 15.0 Å². The number of carbonyl (C=O) groups excluding carboxylic acids is 2. The van der Waals surface area contributed by atoms with Crippen LogP contribution >= 0.6 is 11.6 Å². The highest BCUT2D eigenvalue weighted by atomic mass is 35.5. The first-order chi connectivity index (χ1) is 13.9. The molecule has 2 aromatic carbocycles. The van der Waals surface area contributed by atoms with Gasteiger partial charge in [-0.2, -0.15) is 8.78 Å². The number of benzene rings is 2. The molecule has 0 aliphatic carbocycles. The Bertz CT molecular complexity index is 856. The zero-order valence-electron chi connectivity index (χ0n) is 15.5. The van der Waals surface area contributed by atoms with Crippen LogP contribution in [0.4, 0.5) is 14.5 Å². The first-order valence-electron chi connectivity index (χ1n) is 9.02. The third-order valence-electron chi connectivity index (χ3n) is 4.46. The van der Waals surface area contributed by atoms with E-state index in [4.69, 9.17) is 11.6 Å². The second-order valence-electron chi connectivity index (χ2n) is 6.53. The van der Waals surface area contributed by atoms with Crippen LogP contribution in [0.1, 0.15) is 10.4 Å². The molecule has 154 valence electrons. The summed E-state index contributed by atoms with van der Waals surface area (Å²) in [6, 6.07) is 12.6. The molecule has 2 amide bonds. The lowest BCUT2D eigenvalue weighted by atomic mass is 10.1. The smallest absolute Gasteiger partial charge is 0.387 e. The number of ether oxygens (including phenoxy) is 1. The summed E-state index contributed by atoms with van der Waals surface area (Å²) >= 11 is 5.82. The molecule has 1 N–H and O–H groups in total. The van der Waals surface area contributed by atoms with Gasteiger partial charge in [-0.25, -0.2) is 0 Å². The number of alkyl halides is 2. The van der Waals surface area contributed by atoms with Gasteiger partial charge in [0.1, 0.15) is 5.75 Å². The van der Waals surface area contributed by atoms with E-state index >= 15 is 0 Å². The van der Waals surface area contributed by atoms with E-state index in [0.717, 1.165) is 0 Å². The van der Waals surface area contributed by atoms with Gasteiger partial charge >= 0.3 is 6.61 Å². The molecule has 0 atom stereocenters. The number of piperazine rings is 1. The standard InChI is InChI=1S/C20H20ClF2N3O3/c21-15-4-6-16(7-5-15)24-18(27)13-25-8-10-26(11-9-25)19(28)14-2-1-3-17(12-14)29-20(22)23/h1-7,12,20H,8-11,13H2,(H,24,27). The monoisotopic (exact) mass is 423 g/mol. The molecule has 1 fully saturated rings. The number of anilines is 1. The average Bonchev–Trinajstić information content (AvgIpc) is 2.69. The van der Waals surface area contributed by atoms with E-state index in [0.29, 0.717) is 36.9 Å². The fraction of sp³-hybridized carbons (Fsp3) is 0.300. The number of hydrogen-bond donors (Lipinski definition) is 1. The number of nitrogens with zero attached hydrogens (tertiary/aromatic N) is 2. The average molecular weight is 424 g/mol. The van der Waals surface area contributed by atoms with Crippen LogP contribution in [0.25, 0.3) is 0 Å². The van der Waals surface area contributed by atoms with Gasteiger partial charge in [0.25, 0.3) is 5.91 Å². The summed E-state index contributed by atoms with van der Waals surface area (Å²) in [6.45, 7) is -0.787. The molecule has 1 saturated heterocycles. The fourth-order valence-corrected chi connectivity index (χ4v) is 3.16. The van der Waals surface area contributed by atoms with Crippen molar-refractivity contribution in [3.8, 4) is 5.75 Å². The van der Waals surface area contributed by atoms with Crippen LogP contribution in [0.15, 0.2) is 48.5 Å². The molecule has 0 unspecified atom stereocenters. The molecule has 0 aromatic heterocycles. The minimum absolute atomic E-state index is 0.0524. The van der Waals surface area contributed by atoms with Crippen LogP contribution in [0.2, 0.25) is 5.02 Å². The summed E-state index contributed by atoms with van der Waals surface area (Å²) < 4.78 is 29.0. The quantitative estimate of drug-likeness (QED) is 0.774. The van der Waals surface area contributed by atoms with Crippen LogP contribution in [0.5, 0.6) is 5.75 Å². The van der Waals surface area contributed by atoms with Crippen molar-refractivity contribution in [1.82, 2.24) is 9.80 Å². The highest BCUT2D eigenvalue weighted by molar-refractivity contribution is 6.30. The lowest BCUT2D eigenvalue weighted by molar-refractivity contribution is -0.117. The Morgan fingerprint density at radius 3 is 2.41 bits per heavy atom. The van der Waals surface area contributed by atoms with E-state index in [1.54, 1.807) is 35.2 Å². The molecule has 0 saturated carbocycles. The van der Waals surface area contributed by atoms with Crippen molar-refractivity contribution in [2.75, 3.05) is 38.0 Å². The number of rotatable bonds is 6. The Morgan fingerprint density at radius 1 is 1.07 bits per heavy atom. The van der Waals surface area contributed by atoms with Crippen molar-refractivity contribution in [3.63, 3.8) is 0 Å². The third kappa shape index (κ3) is 6.13. The normalized spacial score (nSPS) is 14.7. The SMILES string of the molecule is O=C(CN1CCN(C(=O)c2cccc(OC(F)F)c2)CC1)Nc1ccc(Cl)cc1. The second-order valence-corrected chi connectivity index (χ2v) is 6.97. The maximum Gasteiger partial charge on any atom is 0.387 e. The molecule has 3 rings (SSSR count). The zero-order valence-corrected chi connectivity index (χ0v) is 16.2. The highest BCUT2D eigenvalue weighted by Gasteiger charge is 2.23. The van der Waals surface area contributed by atoms with Crippen LogP contribution < -0.4 is 10.1 Å². The Morgan fingerprint density at radius 2 is 1.76 bits per heavy atom. The Labute approximate surface area is 172 Å². The van der Waals surface area contributed by atoms with Gasteiger partial charge in [-0.3, -0.25) is 14.5 Å². The largest absolute Gasteiger partial charge is 0.435 e. The summed E-state index contributed by atoms with van der Waals surface area (Å²) in [7, 11) is 0. The van der Waals surface area contributed by atoms with Crippen LogP contribution in [0.3, 0.4) is 0 Å². The van der Waals surface area contributed by atoms with E-state index in [9.17, 15) is 18.4 Å². The lowest BCUT2D eigenvalue weighted by Crippen LogP contribution is -2.50. The predicted molar refractivity (Wildman–Crippen MR) is 105 cm³/mol. The Balaban J connectivity index is 1.49. The summed E-state index contributed by atoms with van der Waals surface area (Å²) in [5.74, 6) is -0.456. The zero-order chi connectivity index (χ0) is 20.8. The predicted octanol–water partition coefficient (Wildman–Crippen LogP) is 3.34. The summed E-state index contributed by atoms with van der Waals surface area (Å²) in [5.41, 5.74) is 0.955. The second kappa shape index (κ2) is 9.67. The van der Waals surface area contributed by atoms with Gasteiger partial charge in [0.15, 0.2) is 0 Å². The van der Waals surface area contributed by atoms with Crippen molar-refractivity contribution in [1.29, 1.82) is 0 Å². The Hall–Kier alpha value is -2.71. The van der Waals surface area contributed by atoms with Crippen molar-refractivity contribution in [2.24, 2.45) is 0 Å². The van der Waals surface area contributed by atoms with Gasteiger partial charge in [0.2, 0.25) is 5.91 Å². The molecular formula is C20H20ClF2N3O3. The molecule has 6 nitrogen and oxygen atoms in total. The van der Waals surface area contributed by atoms with E-state index in [1.807, 2.05) is 4.90 Å². The van der Waals surface area contributed by atoms with E-state index in [-0.39, 0.29) is 29.7 Å². The summed E-state index contributed by atoms with van der Waals surface area (Å²) in [5, 5.41) is 3.40. The minimum atomic E-state index is -2.94. The molecule has 1 aliphatic rings. The molecule has 0 radical (unpaired) electrons. The van der Waals surface area contributed by atoms with E-state index in [2.05, 4.69) is 10.1 Å². The Kier molecular flexibility index (Phi) is 7.00. The van der Waals surface area contributed by atoms with Crippen molar-refractivity contribution in [3.05, 3.63) is 59.1 Å². The van der Waals surface area contributed by atoms with Crippen molar-refractivity contribution >= 4 is 29.1 Å². The number of carbonyl (C=O) groups is 2. The topological polar surface area (TPSA) is 61.9 Å². The molecule has 1 aliphatic heterocycles. The maximum absolute atomic E-state index is 12.6. The minimum Gasteiger partial charge on any atom is -0.435 e. The molecule has 2 aromatic rings. The van der Waals surface area contributed by atoms with Gasteiger partial charge in [-0.15, -0.1) is 0 Å². The van der Waals surface area contributed by atoms with Gasteiger partial charge in [0.05, 0.1) is 6.54 Å². The first-order valence-corrected chi connectivity index (χ1v) is 9.40. The fourth-order valence-electron chi connectivity index (χ4n) is 3.03. The van der Waals surface area contributed by atoms with E-state index in [1.165, 1.54) is 18.2 Å². The van der Waals surface area contributed by atoms with Crippen molar-refractivity contribution in [2.45, 2.75) is 6.61 Å². The summed E-state index contributed by atoms with van der Waals surface area (Å²) in [6.07, 6.45) is 0. The number of nitrogens with one attached hydrogen (secondary N) is 1. The molecule has 0 bridgehead atoms. The summed E-state index contributed by atoms with van der Waals surface area (Å²) in [4.78, 5) is 28.4. The molecule has 0 spiro atoms.